The third kappa shape index (κ3) is 3.79. The molecular weight excluding hydrogens is 330 g/mol. The molecule has 27 heavy (non-hydrogen) atoms. The molecule has 4 rings (SSSR count). The predicted molar refractivity (Wildman–Crippen MR) is 116 cm³/mol. The van der Waals surface area contributed by atoms with Crippen molar-refractivity contribution in [3.8, 4) is 11.3 Å². The minimum Gasteiger partial charge on any atom is -0.384 e. The zero-order valence-electron chi connectivity index (χ0n) is 15.9. The van der Waals surface area contributed by atoms with Crippen LogP contribution in [0, 0.1) is 0 Å². The molecule has 4 aromatic rings. The Hall–Kier alpha value is -2.91. The molecule has 0 radical (unpaired) electrons. The summed E-state index contributed by atoms with van der Waals surface area (Å²) in [6.45, 7) is 3.13. The lowest BCUT2D eigenvalue weighted by Gasteiger charge is -2.14. The lowest BCUT2D eigenvalue weighted by molar-refractivity contribution is 0.580. The van der Waals surface area contributed by atoms with Crippen LogP contribution in [-0.4, -0.2) is 24.6 Å². The van der Waals surface area contributed by atoms with E-state index in [9.17, 15) is 0 Å². The van der Waals surface area contributed by atoms with E-state index in [0.29, 0.717) is 6.04 Å². The van der Waals surface area contributed by atoms with Crippen LogP contribution in [0.2, 0.25) is 0 Å². The molecular formula is C24H25N3. The lowest BCUT2D eigenvalue weighted by Crippen LogP contribution is -2.24. The number of fused-ring (bicyclic) bond motifs is 2. The molecule has 0 amide bonds. The van der Waals surface area contributed by atoms with Crippen LogP contribution in [0.5, 0.6) is 0 Å². The third-order valence-electron chi connectivity index (χ3n) is 5.15. The fourth-order valence-corrected chi connectivity index (χ4v) is 3.39. The highest BCUT2D eigenvalue weighted by atomic mass is 14.9. The summed E-state index contributed by atoms with van der Waals surface area (Å²) in [6.07, 6.45) is 1.07. The van der Waals surface area contributed by atoms with Gasteiger partial charge in [-0.3, -0.25) is 0 Å². The van der Waals surface area contributed by atoms with Gasteiger partial charge in [-0.2, -0.15) is 0 Å². The molecule has 136 valence electrons. The van der Waals surface area contributed by atoms with E-state index in [1.54, 1.807) is 0 Å². The maximum atomic E-state index is 4.92. The van der Waals surface area contributed by atoms with Crippen molar-refractivity contribution in [2.75, 3.05) is 18.9 Å². The van der Waals surface area contributed by atoms with E-state index < -0.39 is 0 Å². The summed E-state index contributed by atoms with van der Waals surface area (Å²) in [4.78, 5) is 4.92. The second kappa shape index (κ2) is 7.77. The van der Waals surface area contributed by atoms with Crippen molar-refractivity contribution >= 4 is 27.4 Å². The van der Waals surface area contributed by atoms with Crippen LogP contribution in [-0.2, 0) is 0 Å². The Balaban J connectivity index is 1.73. The normalized spacial score (nSPS) is 12.4. The summed E-state index contributed by atoms with van der Waals surface area (Å²) in [5.74, 6) is 0. The van der Waals surface area contributed by atoms with Gasteiger partial charge >= 0.3 is 0 Å². The topological polar surface area (TPSA) is 37.0 Å². The Bertz CT molecular complexity index is 1070. The van der Waals surface area contributed by atoms with Crippen molar-refractivity contribution in [3.05, 3.63) is 72.8 Å². The number of anilines is 1. The fraction of sp³-hybridized carbons (Fsp3) is 0.208. The van der Waals surface area contributed by atoms with E-state index in [1.807, 2.05) is 13.1 Å². The van der Waals surface area contributed by atoms with Crippen molar-refractivity contribution < 1.29 is 0 Å². The molecule has 2 N–H and O–H groups in total. The van der Waals surface area contributed by atoms with Crippen LogP contribution in [0.25, 0.3) is 32.9 Å². The van der Waals surface area contributed by atoms with Gasteiger partial charge in [-0.1, -0.05) is 54.6 Å². The maximum absolute atomic E-state index is 4.92. The zero-order chi connectivity index (χ0) is 18.6. The van der Waals surface area contributed by atoms with Gasteiger partial charge in [0.2, 0.25) is 0 Å². The molecule has 1 atom stereocenters. The molecule has 3 nitrogen and oxygen atoms in total. The summed E-state index contributed by atoms with van der Waals surface area (Å²) in [5.41, 5.74) is 4.31. The van der Waals surface area contributed by atoms with Crippen LogP contribution in [0.4, 0.5) is 5.69 Å². The smallest absolute Gasteiger partial charge is 0.0730 e. The van der Waals surface area contributed by atoms with Gasteiger partial charge in [-0.25, -0.2) is 4.98 Å². The van der Waals surface area contributed by atoms with Gasteiger partial charge in [0.25, 0.3) is 0 Å². The van der Waals surface area contributed by atoms with E-state index in [-0.39, 0.29) is 0 Å². The third-order valence-corrected chi connectivity index (χ3v) is 5.15. The lowest BCUT2D eigenvalue weighted by atomic mass is 10.0. The monoisotopic (exact) mass is 355 g/mol. The van der Waals surface area contributed by atoms with Crippen molar-refractivity contribution in [3.63, 3.8) is 0 Å². The molecule has 0 saturated heterocycles. The van der Waals surface area contributed by atoms with Gasteiger partial charge in [0.1, 0.15) is 0 Å². The zero-order valence-corrected chi connectivity index (χ0v) is 15.9. The van der Waals surface area contributed by atoms with Gasteiger partial charge in [-0.05, 0) is 49.4 Å². The van der Waals surface area contributed by atoms with Crippen LogP contribution < -0.4 is 10.6 Å². The van der Waals surface area contributed by atoms with E-state index >= 15 is 0 Å². The van der Waals surface area contributed by atoms with Crippen molar-refractivity contribution in [2.45, 2.75) is 19.4 Å². The number of aromatic nitrogens is 1. The van der Waals surface area contributed by atoms with Crippen LogP contribution in [0.1, 0.15) is 13.3 Å². The number of nitrogens with zero attached hydrogens (tertiary/aromatic N) is 1. The largest absolute Gasteiger partial charge is 0.384 e. The molecule has 0 bridgehead atoms. The standard InChI is InChI=1S/C24H25N3/c1-17(25-2)13-14-26-24-16-23(27-22-10-6-5-9-21(22)24)20-12-11-18-7-3-4-8-19(18)15-20/h3-12,15-17,25H,13-14H2,1-2H3,(H,26,27). The minimum atomic E-state index is 0.491. The minimum absolute atomic E-state index is 0.491. The molecule has 1 unspecified atom stereocenters. The number of hydrogen-bond acceptors (Lipinski definition) is 3. The first-order chi connectivity index (χ1) is 13.2. The molecule has 0 aliphatic rings. The number of nitrogens with one attached hydrogen (secondary N) is 2. The van der Waals surface area contributed by atoms with Gasteiger partial charge in [-0.15, -0.1) is 0 Å². The highest BCUT2D eigenvalue weighted by Gasteiger charge is 2.08. The van der Waals surface area contributed by atoms with Gasteiger partial charge in [0, 0.05) is 29.2 Å². The van der Waals surface area contributed by atoms with E-state index in [1.165, 1.54) is 16.2 Å². The Morgan fingerprint density at radius 3 is 2.52 bits per heavy atom. The Kier molecular flexibility index (Phi) is 5.03. The number of rotatable bonds is 6. The Labute approximate surface area is 160 Å². The fourth-order valence-electron chi connectivity index (χ4n) is 3.39. The van der Waals surface area contributed by atoms with Gasteiger partial charge < -0.3 is 10.6 Å². The van der Waals surface area contributed by atoms with Crippen LogP contribution in [0.15, 0.2) is 72.8 Å². The number of benzene rings is 3. The molecule has 3 heteroatoms. The first kappa shape index (κ1) is 17.5. The summed E-state index contributed by atoms with van der Waals surface area (Å²) in [5, 5.41) is 10.6. The number of para-hydroxylation sites is 1. The van der Waals surface area contributed by atoms with E-state index in [2.05, 4.69) is 84.3 Å². The summed E-state index contributed by atoms with van der Waals surface area (Å²) in [7, 11) is 2.00. The Morgan fingerprint density at radius 2 is 1.67 bits per heavy atom. The van der Waals surface area contributed by atoms with Crippen molar-refractivity contribution in [2.24, 2.45) is 0 Å². The Morgan fingerprint density at radius 1 is 0.889 bits per heavy atom. The molecule has 0 fully saturated rings. The quantitative estimate of drug-likeness (QED) is 0.482. The number of pyridine rings is 1. The second-order valence-electron chi connectivity index (χ2n) is 7.04. The summed E-state index contributed by atoms with van der Waals surface area (Å²) >= 11 is 0. The first-order valence-corrected chi connectivity index (χ1v) is 9.55. The van der Waals surface area contributed by atoms with Crippen LogP contribution in [0.3, 0.4) is 0 Å². The predicted octanol–water partition coefficient (Wildman–Crippen LogP) is 5.46. The number of hydrogen-bond donors (Lipinski definition) is 2. The maximum Gasteiger partial charge on any atom is 0.0730 e. The highest BCUT2D eigenvalue weighted by Crippen LogP contribution is 2.30. The highest BCUT2D eigenvalue weighted by molar-refractivity contribution is 5.95. The molecule has 1 aromatic heterocycles. The molecule has 0 aliphatic heterocycles. The second-order valence-corrected chi connectivity index (χ2v) is 7.04. The van der Waals surface area contributed by atoms with E-state index in [4.69, 9.17) is 4.98 Å². The van der Waals surface area contributed by atoms with Crippen molar-refractivity contribution in [1.29, 1.82) is 0 Å². The first-order valence-electron chi connectivity index (χ1n) is 9.55. The average molecular weight is 355 g/mol. The van der Waals surface area contributed by atoms with E-state index in [0.717, 1.165) is 35.4 Å². The molecule has 0 saturated carbocycles. The van der Waals surface area contributed by atoms with Gasteiger partial charge in [0.05, 0.1) is 11.2 Å². The molecule has 0 aliphatic carbocycles. The van der Waals surface area contributed by atoms with Gasteiger partial charge in [0.15, 0.2) is 0 Å². The summed E-state index contributed by atoms with van der Waals surface area (Å²) in [6, 6.07) is 26.0. The summed E-state index contributed by atoms with van der Waals surface area (Å²) < 4.78 is 0. The average Bonchev–Trinajstić information content (AvgIpc) is 2.73. The molecule has 1 heterocycles. The molecule has 0 spiro atoms. The SMILES string of the molecule is CNC(C)CCNc1cc(-c2ccc3ccccc3c2)nc2ccccc12. The molecule has 3 aromatic carbocycles. The van der Waals surface area contributed by atoms with Crippen LogP contribution >= 0.6 is 0 Å². The van der Waals surface area contributed by atoms with Crippen molar-refractivity contribution in [1.82, 2.24) is 10.3 Å².